The van der Waals surface area contributed by atoms with E-state index >= 15 is 0 Å². The van der Waals surface area contributed by atoms with Crippen LogP contribution in [0.15, 0.2) is 12.3 Å². The highest BCUT2D eigenvalue weighted by atomic mass is 16.5. The first-order chi connectivity index (χ1) is 5.42. The zero-order chi connectivity index (χ0) is 7.68. The second kappa shape index (κ2) is 2.19. The minimum absolute atomic E-state index is 0.573. The van der Waals surface area contributed by atoms with E-state index < -0.39 is 0 Å². The fourth-order valence-electron chi connectivity index (χ4n) is 0.900. The van der Waals surface area contributed by atoms with E-state index in [1.54, 1.807) is 19.4 Å². The van der Waals surface area contributed by atoms with Gasteiger partial charge in [-0.1, -0.05) is 0 Å². The molecule has 0 radical (unpaired) electrons. The third-order valence-corrected chi connectivity index (χ3v) is 1.41. The maximum absolute atomic E-state index is 5.02. The molecule has 56 valence electrons. The Morgan fingerprint density at radius 2 is 2.36 bits per heavy atom. The molecule has 0 aromatic carbocycles. The summed E-state index contributed by atoms with van der Waals surface area (Å²) in [6, 6.07) is 1.74. The van der Waals surface area contributed by atoms with E-state index in [2.05, 4.69) is 20.4 Å². The lowest BCUT2D eigenvalue weighted by atomic mass is 10.4. The predicted molar refractivity (Wildman–Crippen MR) is 38.2 cm³/mol. The molecule has 0 amide bonds. The Bertz CT molecular complexity index is 369. The first kappa shape index (κ1) is 6.09. The molecule has 1 N–H and O–H groups in total. The second-order valence-electron chi connectivity index (χ2n) is 2.01. The van der Waals surface area contributed by atoms with Gasteiger partial charge in [0.05, 0.1) is 7.11 Å². The molecule has 0 fully saturated rings. The number of nitrogens with one attached hydrogen (secondary N) is 1. The Balaban J connectivity index is 2.79. The summed E-state index contributed by atoms with van der Waals surface area (Å²) in [5, 5.41) is 10.1. The summed E-state index contributed by atoms with van der Waals surface area (Å²) in [5.41, 5.74) is 1.24. The molecule has 0 aliphatic carbocycles. The van der Waals surface area contributed by atoms with Crippen LogP contribution in [0.1, 0.15) is 0 Å². The lowest BCUT2D eigenvalue weighted by molar-refractivity contribution is 0.418. The van der Waals surface area contributed by atoms with Gasteiger partial charge >= 0.3 is 0 Å². The number of hydrogen-bond donors (Lipinski definition) is 1. The molecule has 0 bridgehead atoms. The van der Waals surface area contributed by atoms with Crippen LogP contribution in [-0.2, 0) is 0 Å². The molecule has 0 aliphatic rings. The summed E-state index contributed by atoms with van der Waals surface area (Å²) in [6.07, 6.45) is 1.63. The third-order valence-electron chi connectivity index (χ3n) is 1.41. The van der Waals surface area contributed by atoms with Gasteiger partial charge < -0.3 is 4.74 Å². The van der Waals surface area contributed by atoms with Gasteiger partial charge in [-0.3, -0.25) is 0 Å². The molecule has 0 aliphatic heterocycles. The molecule has 0 unspecified atom stereocenters. The Hall–Kier alpha value is -1.65. The zero-order valence-electron chi connectivity index (χ0n) is 5.90. The van der Waals surface area contributed by atoms with Crippen molar-refractivity contribution in [3.05, 3.63) is 12.3 Å². The maximum atomic E-state index is 5.02. The van der Waals surface area contributed by atoms with E-state index in [4.69, 9.17) is 4.74 Å². The van der Waals surface area contributed by atoms with Crippen LogP contribution in [0.2, 0.25) is 0 Å². The number of aromatic nitrogens is 4. The van der Waals surface area contributed by atoms with Gasteiger partial charge in [0.15, 0.2) is 11.3 Å². The number of H-pyrrole nitrogens is 1. The van der Waals surface area contributed by atoms with Crippen LogP contribution in [0, 0.1) is 0 Å². The summed E-state index contributed by atoms with van der Waals surface area (Å²) in [6.45, 7) is 0. The van der Waals surface area contributed by atoms with Crippen LogP contribution < -0.4 is 4.74 Å². The number of hydrogen-bond acceptors (Lipinski definition) is 4. The normalized spacial score (nSPS) is 10.3. The lowest BCUT2D eigenvalue weighted by Gasteiger charge is -1.95. The van der Waals surface area contributed by atoms with Gasteiger partial charge in [-0.05, 0) is 0 Å². The minimum Gasteiger partial charge on any atom is -0.494 e. The Labute approximate surface area is 62.4 Å². The number of pyridine rings is 1. The largest absolute Gasteiger partial charge is 0.494 e. The van der Waals surface area contributed by atoms with Crippen molar-refractivity contribution >= 4 is 11.2 Å². The molecule has 2 heterocycles. The summed E-state index contributed by atoms with van der Waals surface area (Å²) >= 11 is 0. The van der Waals surface area contributed by atoms with Crippen molar-refractivity contribution in [1.82, 2.24) is 20.4 Å². The van der Waals surface area contributed by atoms with Gasteiger partial charge in [0.2, 0.25) is 5.65 Å². The van der Waals surface area contributed by atoms with Crippen LogP contribution >= 0.6 is 0 Å². The lowest BCUT2D eigenvalue weighted by Crippen LogP contribution is -1.85. The van der Waals surface area contributed by atoms with Crippen LogP contribution in [0.25, 0.3) is 11.2 Å². The van der Waals surface area contributed by atoms with E-state index in [-0.39, 0.29) is 0 Å². The number of ether oxygens (including phenoxy) is 1. The van der Waals surface area contributed by atoms with Gasteiger partial charge in [0.1, 0.15) is 0 Å². The Morgan fingerprint density at radius 3 is 3.18 bits per heavy atom. The van der Waals surface area contributed by atoms with Gasteiger partial charge in [-0.25, -0.2) is 4.98 Å². The number of methoxy groups -OCH3 is 1. The molecule has 0 atom stereocenters. The molecule has 2 rings (SSSR count). The van der Waals surface area contributed by atoms with Gasteiger partial charge in [-0.15, -0.1) is 5.10 Å². The summed E-state index contributed by atoms with van der Waals surface area (Å²) in [5.74, 6) is 0.684. The molecule has 2 aromatic heterocycles. The monoisotopic (exact) mass is 150 g/mol. The van der Waals surface area contributed by atoms with Crippen molar-refractivity contribution < 1.29 is 4.74 Å². The highest BCUT2D eigenvalue weighted by molar-refractivity contribution is 5.76. The van der Waals surface area contributed by atoms with Crippen LogP contribution in [0.5, 0.6) is 5.75 Å². The molecular weight excluding hydrogens is 144 g/mol. The van der Waals surface area contributed by atoms with Crippen molar-refractivity contribution in [3.8, 4) is 5.75 Å². The predicted octanol–water partition coefficient (Wildman–Crippen LogP) is 0.361. The average Bonchev–Trinajstić information content (AvgIpc) is 2.50. The van der Waals surface area contributed by atoms with Crippen molar-refractivity contribution in [2.45, 2.75) is 0 Å². The molecular formula is C6H6N4O. The van der Waals surface area contributed by atoms with Crippen molar-refractivity contribution in [3.63, 3.8) is 0 Å². The number of nitrogens with zero attached hydrogens (tertiary/aromatic N) is 3. The molecule has 5 nitrogen and oxygen atoms in total. The standard InChI is InChI=1S/C6H6N4O/c1-11-4-2-3-7-6-5(4)8-10-9-6/h2-3H,1H3,(H,7,8,9,10). The number of aromatic amines is 1. The third kappa shape index (κ3) is 0.813. The molecule has 0 spiro atoms. The first-order valence-corrected chi connectivity index (χ1v) is 3.11. The highest BCUT2D eigenvalue weighted by Crippen LogP contribution is 2.17. The van der Waals surface area contributed by atoms with Gasteiger partial charge in [-0.2, -0.15) is 10.3 Å². The van der Waals surface area contributed by atoms with E-state index in [0.29, 0.717) is 16.9 Å². The maximum Gasteiger partial charge on any atom is 0.205 e. The molecule has 5 heteroatoms. The quantitative estimate of drug-likeness (QED) is 0.637. The molecule has 11 heavy (non-hydrogen) atoms. The molecule has 0 saturated carbocycles. The average molecular weight is 150 g/mol. The Kier molecular flexibility index (Phi) is 1.21. The van der Waals surface area contributed by atoms with E-state index in [1.807, 2.05) is 0 Å². The summed E-state index contributed by atoms with van der Waals surface area (Å²) in [4.78, 5) is 3.96. The van der Waals surface area contributed by atoms with Gasteiger partial charge in [0.25, 0.3) is 0 Å². The summed E-state index contributed by atoms with van der Waals surface area (Å²) in [7, 11) is 1.59. The van der Waals surface area contributed by atoms with Crippen molar-refractivity contribution in [1.29, 1.82) is 0 Å². The van der Waals surface area contributed by atoms with Gasteiger partial charge in [0, 0.05) is 12.3 Å². The highest BCUT2D eigenvalue weighted by Gasteiger charge is 2.03. The van der Waals surface area contributed by atoms with Crippen molar-refractivity contribution in [2.75, 3.05) is 7.11 Å². The Morgan fingerprint density at radius 1 is 1.45 bits per heavy atom. The molecule has 0 saturated heterocycles. The number of rotatable bonds is 1. The topological polar surface area (TPSA) is 63.7 Å². The van der Waals surface area contributed by atoms with Crippen LogP contribution in [-0.4, -0.2) is 27.5 Å². The zero-order valence-corrected chi connectivity index (χ0v) is 5.90. The fraction of sp³-hybridized carbons (Fsp3) is 0.167. The molecule has 2 aromatic rings. The van der Waals surface area contributed by atoms with Crippen LogP contribution in [0.3, 0.4) is 0 Å². The smallest absolute Gasteiger partial charge is 0.205 e. The minimum atomic E-state index is 0.573. The second-order valence-corrected chi connectivity index (χ2v) is 2.01. The van der Waals surface area contributed by atoms with Crippen LogP contribution in [0.4, 0.5) is 0 Å². The van der Waals surface area contributed by atoms with E-state index in [9.17, 15) is 0 Å². The number of fused-ring (bicyclic) bond motifs is 1. The fourth-order valence-corrected chi connectivity index (χ4v) is 0.900. The van der Waals surface area contributed by atoms with E-state index in [0.717, 1.165) is 0 Å². The SMILES string of the molecule is COc1ccnc2n[nH]nc12. The summed E-state index contributed by atoms with van der Waals surface area (Å²) < 4.78 is 5.02. The first-order valence-electron chi connectivity index (χ1n) is 3.11. The van der Waals surface area contributed by atoms with E-state index in [1.165, 1.54) is 0 Å². The van der Waals surface area contributed by atoms with Crippen molar-refractivity contribution in [2.24, 2.45) is 0 Å².